The minimum atomic E-state index is -0.0141. The van der Waals surface area contributed by atoms with E-state index in [0.29, 0.717) is 19.6 Å². The van der Waals surface area contributed by atoms with Crippen molar-refractivity contribution in [3.8, 4) is 0 Å². The van der Waals surface area contributed by atoms with Gasteiger partial charge in [-0.15, -0.1) is 22.7 Å². The molecular weight excluding hydrogens is 400 g/mol. The van der Waals surface area contributed by atoms with Crippen molar-refractivity contribution in [2.24, 2.45) is 0 Å². The van der Waals surface area contributed by atoms with E-state index in [9.17, 15) is 9.59 Å². The molecule has 2 aromatic carbocycles. The van der Waals surface area contributed by atoms with Crippen LogP contribution in [0, 0.1) is 0 Å². The molecule has 0 unspecified atom stereocenters. The average molecular weight is 421 g/mol. The maximum Gasteiger partial charge on any atom is 0.264 e. The Balaban J connectivity index is 1.32. The van der Waals surface area contributed by atoms with Crippen molar-refractivity contribution in [2.45, 2.75) is 13.0 Å². The van der Waals surface area contributed by atoms with Gasteiger partial charge in [-0.25, -0.2) is 0 Å². The van der Waals surface area contributed by atoms with E-state index in [-0.39, 0.29) is 17.9 Å². The van der Waals surface area contributed by atoms with E-state index in [0.717, 1.165) is 29.9 Å². The molecule has 29 heavy (non-hydrogen) atoms. The summed E-state index contributed by atoms with van der Waals surface area (Å²) in [5.74, 6) is 0.125. The number of benzene rings is 2. The van der Waals surface area contributed by atoms with Crippen LogP contribution in [-0.2, 0) is 0 Å². The van der Waals surface area contributed by atoms with Gasteiger partial charge in [-0.3, -0.25) is 9.59 Å². The van der Waals surface area contributed by atoms with E-state index < -0.39 is 0 Å². The molecule has 2 amide bonds. The largest absolute Gasteiger partial charge is 0.334 e. The van der Waals surface area contributed by atoms with Crippen LogP contribution in [0.4, 0.5) is 0 Å². The van der Waals surface area contributed by atoms with Crippen molar-refractivity contribution in [1.29, 1.82) is 0 Å². The number of rotatable bonds is 2. The Labute approximate surface area is 177 Å². The number of fused-ring (bicyclic) bond motifs is 2. The van der Waals surface area contributed by atoms with Gasteiger partial charge in [-0.2, -0.15) is 0 Å². The topological polar surface area (TPSA) is 40.6 Å². The lowest BCUT2D eigenvalue weighted by Gasteiger charge is -2.39. The molecule has 4 aromatic rings. The molecule has 146 valence electrons. The zero-order valence-corrected chi connectivity index (χ0v) is 17.6. The molecule has 0 N–H and O–H groups in total. The minimum Gasteiger partial charge on any atom is -0.334 e. The number of hydrogen-bond donors (Lipinski definition) is 0. The summed E-state index contributed by atoms with van der Waals surface area (Å²) in [6.45, 7) is 3.71. The molecule has 2 aromatic heterocycles. The third kappa shape index (κ3) is 3.32. The summed E-state index contributed by atoms with van der Waals surface area (Å²) < 4.78 is 2.25. The fraction of sp³-hybridized carbons (Fsp3) is 0.217. The first-order valence-electron chi connectivity index (χ1n) is 9.67. The highest BCUT2D eigenvalue weighted by atomic mass is 32.1. The first kappa shape index (κ1) is 18.3. The Hall–Kier alpha value is -2.70. The van der Waals surface area contributed by atoms with Crippen molar-refractivity contribution in [2.75, 3.05) is 19.6 Å². The summed E-state index contributed by atoms with van der Waals surface area (Å²) in [7, 11) is 0. The van der Waals surface area contributed by atoms with Gasteiger partial charge in [0, 0.05) is 35.1 Å². The molecule has 1 atom stereocenters. The fourth-order valence-corrected chi connectivity index (χ4v) is 5.97. The van der Waals surface area contributed by atoms with Gasteiger partial charge in [0.15, 0.2) is 0 Å². The summed E-state index contributed by atoms with van der Waals surface area (Å²) in [4.78, 5) is 31.4. The Morgan fingerprint density at radius 3 is 1.93 bits per heavy atom. The van der Waals surface area contributed by atoms with E-state index in [4.69, 9.17) is 0 Å². The smallest absolute Gasteiger partial charge is 0.264 e. The van der Waals surface area contributed by atoms with Gasteiger partial charge in [0.2, 0.25) is 0 Å². The summed E-state index contributed by atoms with van der Waals surface area (Å²) in [6.07, 6.45) is 0. The average Bonchev–Trinajstić information content (AvgIpc) is 3.36. The Morgan fingerprint density at radius 2 is 1.38 bits per heavy atom. The maximum absolute atomic E-state index is 13.1. The molecule has 0 radical (unpaired) electrons. The van der Waals surface area contributed by atoms with Crippen LogP contribution in [-0.4, -0.2) is 47.3 Å². The molecular formula is C23H20N2O2S2. The zero-order chi connectivity index (χ0) is 20.0. The Kier molecular flexibility index (Phi) is 4.60. The van der Waals surface area contributed by atoms with Crippen LogP contribution in [0.5, 0.6) is 0 Å². The minimum absolute atomic E-state index is 0.0141. The van der Waals surface area contributed by atoms with E-state index in [1.807, 2.05) is 77.4 Å². The quantitative estimate of drug-likeness (QED) is 0.453. The van der Waals surface area contributed by atoms with Crippen LogP contribution in [0.3, 0.4) is 0 Å². The molecule has 1 aliphatic rings. The first-order valence-corrected chi connectivity index (χ1v) is 11.3. The zero-order valence-electron chi connectivity index (χ0n) is 16.0. The molecule has 1 aliphatic heterocycles. The van der Waals surface area contributed by atoms with Gasteiger partial charge in [0.05, 0.1) is 9.75 Å². The van der Waals surface area contributed by atoms with Crippen LogP contribution in [0.1, 0.15) is 26.3 Å². The van der Waals surface area contributed by atoms with Crippen molar-refractivity contribution in [3.63, 3.8) is 0 Å². The summed E-state index contributed by atoms with van der Waals surface area (Å²) >= 11 is 3.07. The Bertz CT molecular complexity index is 1160. The highest BCUT2D eigenvalue weighted by molar-refractivity contribution is 7.21. The number of nitrogens with zero attached hydrogens (tertiary/aromatic N) is 2. The molecule has 0 spiro atoms. The van der Waals surface area contributed by atoms with Crippen molar-refractivity contribution >= 4 is 54.7 Å². The van der Waals surface area contributed by atoms with Gasteiger partial charge >= 0.3 is 0 Å². The number of piperazine rings is 1. The first-order chi connectivity index (χ1) is 14.1. The van der Waals surface area contributed by atoms with Gasteiger partial charge in [0.25, 0.3) is 11.8 Å². The van der Waals surface area contributed by atoms with E-state index in [1.54, 1.807) is 0 Å². The number of amides is 2. The lowest BCUT2D eigenvalue weighted by atomic mass is 10.1. The van der Waals surface area contributed by atoms with Crippen molar-refractivity contribution < 1.29 is 9.59 Å². The SMILES string of the molecule is C[C@H]1CN(C(=O)c2cc3ccccc3s2)CCN1C(=O)c1cc2ccccc2s1. The van der Waals surface area contributed by atoms with E-state index >= 15 is 0 Å². The predicted molar refractivity (Wildman–Crippen MR) is 120 cm³/mol. The standard InChI is InChI=1S/C23H20N2O2S2/c1-15-14-24(22(26)20-12-16-6-2-4-8-18(16)28-20)10-11-25(15)23(27)21-13-17-7-3-5-9-19(17)29-21/h2-9,12-13,15H,10-11,14H2,1H3/t15-/m0/s1. The molecule has 6 heteroatoms. The molecule has 0 saturated carbocycles. The summed E-state index contributed by atoms with van der Waals surface area (Å²) in [5.41, 5.74) is 0. The molecule has 0 bridgehead atoms. The number of thiophene rings is 2. The lowest BCUT2D eigenvalue weighted by Crippen LogP contribution is -2.55. The van der Waals surface area contributed by atoms with Gasteiger partial charge < -0.3 is 9.80 Å². The van der Waals surface area contributed by atoms with E-state index in [2.05, 4.69) is 0 Å². The fourth-order valence-electron chi connectivity index (χ4n) is 3.92. The van der Waals surface area contributed by atoms with Gasteiger partial charge in [0.1, 0.15) is 0 Å². The van der Waals surface area contributed by atoms with Crippen molar-refractivity contribution in [1.82, 2.24) is 9.80 Å². The van der Waals surface area contributed by atoms with E-state index in [1.165, 1.54) is 22.7 Å². The van der Waals surface area contributed by atoms with Gasteiger partial charge in [-0.05, 0) is 42.0 Å². The van der Waals surface area contributed by atoms with Gasteiger partial charge in [-0.1, -0.05) is 36.4 Å². The second kappa shape index (κ2) is 7.28. The normalized spacial score (nSPS) is 17.2. The number of carbonyl (C=O) groups is 2. The highest BCUT2D eigenvalue weighted by Crippen LogP contribution is 2.29. The molecule has 1 fully saturated rings. The Morgan fingerprint density at radius 1 is 0.828 bits per heavy atom. The number of carbonyl (C=O) groups excluding carboxylic acids is 2. The third-order valence-corrected chi connectivity index (χ3v) is 7.66. The second-order valence-corrected chi connectivity index (χ2v) is 9.56. The molecule has 1 saturated heterocycles. The third-order valence-electron chi connectivity index (χ3n) is 5.45. The second-order valence-electron chi connectivity index (χ2n) is 7.40. The molecule has 0 aliphatic carbocycles. The monoisotopic (exact) mass is 420 g/mol. The van der Waals surface area contributed by atoms with Crippen LogP contribution >= 0.6 is 22.7 Å². The summed E-state index contributed by atoms with van der Waals surface area (Å²) in [5, 5.41) is 2.21. The maximum atomic E-state index is 13.1. The van der Waals surface area contributed by atoms with Crippen LogP contribution in [0.15, 0.2) is 60.7 Å². The predicted octanol–water partition coefficient (Wildman–Crippen LogP) is 5.10. The summed E-state index contributed by atoms with van der Waals surface area (Å²) in [6, 6.07) is 20.1. The molecule has 5 rings (SSSR count). The highest BCUT2D eigenvalue weighted by Gasteiger charge is 2.31. The van der Waals surface area contributed by atoms with Crippen LogP contribution in [0.2, 0.25) is 0 Å². The van der Waals surface area contributed by atoms with Crippen LogP contribution in [0.25, 0.3) is 20.2 Å². The van der Waals surface area contributed by atoms with Crippen molar-refractivity contribution in [3.05, 3.63) is 70.4 Å². The van der Waals surface area contributed by atoms with Crippen LogP contribution < -0.4 is 0 Å². The number of hydrogen-bond acceptors (Lipinski definition) is 4. The molecule has 4 nitrogen and oxygen atoms in total. The molecule has 3 heterocycles. The lowest BCUT2D eigenvalue weighted by molar-refractivity contribution is 0.0420.